The highest BCUT2D eigenvalue weighted by Gasteiger charge is 2.09. The average Bonchev–Trinajstić information content (AvgIpc) is 3.14. The maximum atomic E-state index is 9.70. The van der Waals surface area contributed by atoms with Crippen LogP contribution in [0.25, 0.3) is 22.7 Å². The van der Waals surface area contributed by atoms with Crippen LogP contribution in [0.2, 0.25) is 5.02 Å². The molecule has 30 heavy (non-hydrogen) atoms. The summed E-state index contributed by atoms with van der Waals surface area (Å²) in [6.07, 6.45) is 1.81. The van der Waals surface area contributed by atoms with Gasteiger partial charge in [0.15, 0.2) is 0 Å². The SMILES string of the molecule is Cc1cc2nc(/C(C#N)=C\c3cccc(OCc4ccc(Cl)cc4)c3)[nH]c2cc1C. The van der Waals surface area contributed by atoms with E-state index in [-0.39, 0.29) is 0 Å². The Kier molecular flexibility index (Phi) is 5.56. The van der Waals surface area contributed by atoms with E-state index in [0.717, 1.165) is 27.9 Å². The number of aryl methyl sites for hydroxylation is 2. The molecule has 0 fully saturated rings. The van der Waals surface area contributed by atoms with E-state index >= 15 is 0 Å². The third kappa shape index (κ3) is 4.37. The number of imidazole rings is 1. The Bertz CT molecular complexity index is 1240. The van der Waals surface area contributed by atoms with Crippen LogP contribution >= 0.6 is 11.6 Å². The molecule has 0 aliphatic heterocycles. The molecule has 0 aliphatic carbocycles. The molecule has 0 spiro atoms. The number of nitriles is 1. The summed E-state index contributed by atoms with van der Waals surface area (Å²) in [5.41, 5.74) is 6.51. The minimum atomic E-state index is 0.442. The van der Waals surface area contributed by atoms with Gasteiger partial charge in [0.2, 0.25) is 0 Å². The fourth-order valence-electron chi connectivity index (χ4n) is 3.16. The van der Waals surface area contributed by atoms with Crippen molar-refractivity contribution in [3.05, 3.63) is 93.8 Å². The molecule has 0 saturated heterocycles. The highest BCUT2D eigenvalue weighted by atomic mass is 35.5. The van der Waals surface area contributed by atoms with Crippen LogP contribution in [0.3, 0.4) is 0 Å². The summed E-state index contributed by atoms with van der Waals surface area (Å²) in [5, 5.41) is 10.4. The third-order valence-corrected chi connectivity index (χ3v) is 5.21. The van der Waals surface area contributed by atoms with Crippen LogP contribution in [0.15, 0.2) is 60.7 Å². The van der Waals surface area contributed by atoms with Gasteiger partial charge in [-0.3, -0.25) is 0 Å². The number of hydrogen-bond acceptors (Lipinski definition) is 3. The molecule has 0 radical (unpaired) electrons. The zero-order chi connectivity index (χ0) is 21.1. The van der Waals surface area contributed by atoms with Crippen LogP contribution in [0.1, 0.15) is 28.1 Å². The topological polar surface area (TPSA) is 61.7 Å². The molecule has 0 saturated carbocycles. The minimum Gasteiger partial charge on any atom is -0.489 e. The molecule has 4 rings (SSSR count). The van der Waals surface area contributed by atoms with Gasteiger partial charge in [0.25, 0.3) is 0 Å². The molecular formula is C25H20ClN3O. The van der Waals surface area contributed by atoms with Crippen molar-refractivity contribution in [1.29, 1.82) is 5.26 Å². The quantitative estimate of drug-likeness (QED) is 0.381. The second-order valence-corrected chi connectivity index (χ2v) is 7.63. The van der Waals surface area contributed by atoms with Gasteiger partial charge in [0.05, 0.1) is 16.6 Å². The number of aromatic amines is 1. The number of allylic oxidation sites excluding steroid dienone is 1. The van der Waals surface area contributed by atoms with Crippen molar-refractivity contribution in [3.63, 3.8) is 0 Å². The molecule has 5 heteroatoms. The predicted octanol–water partition coefficient (Wildman–Crippen LogP) is 6.48. The Hall–Kier alpha value is -3.55. The first-order chi connectivity index (χ1) is 14.5. The van der Waals surface area contributed by atoms with Gasteiger partial charge in [-0.25, -0.2) is 4.98 Å². The normalized spacial score (nSPS) is 11.5. The lowest BCUT2D eigenvalue weighted by molar-refractivity contribution is 0.306. The minimum absolute atomic E-state index is 0.442. The molecule has 0 atom stereocenters. The first-order valence-corrected chi connectivity index (χ1v) is 9.96. The van der Waals surface area contributed by atoms with Crippen LogP contribution in [-0.4, -0.2) is 9.97 Å². The van der Waals surface area contributed by atoms with Crippen molar-refractivity contribution in [2.75, 3.05) is 0 Å². The zero-order valence-electron chi connectivity index (χ0n) is 16.7. The van der Waals surface area contributed by atoms with Crippen LogP contribution < -0.4 is 4.74 Å². The third-order valence-electron chi connectivity index (χ3n) is 4.96. The summed E-state index contributed by atoms with van der Waals surface area (Å²) in [6, 6.07) is 21.5. The highest BCUT2D eigenvalue weighted by Crippen LogP contribution is 2.23. The molecule has 0 bridgehead atoms. The maximum Gasteiger partial charge on any atom is 0.149 e. The molecule has 148 valence electrons. The Morgan fingerprint density at radius 3 is 2.63 bits per heavy atom. The number of benzene rings is 3. The summed E-state index contributed by atoms with van der Waals surface area (Å²) in [7, 11) is 0. The van der Waals surface area contributed by atoms with Gasteiger partial charge in [-0.05, 0) is 78.6 Å². The van der Waals surface area contributed by atoms with E-state index in [1.807, 2.05) is 60.7 Å². The Morgan fingerprint density at radius 2 is 1.87 bits per heavy atom. The van der Waals surface area contributed by atoms with Crippen molar-refractivity contribution in [2.45, 2.75) is 20.5 Å². The molecule has 4 nitrogen and oxygen atoms in total. The molecule has 1 aromatic heterocycles. The van der Waals surface area contributed by atoms with Crippen molar-refractivity contribution in [2.24, 2.45) is 0 Å². The van der Waals surface area contributed by atoms with Crippen molar-refractivity contribution in [3.8, 4) is 11.8 Å². The van der Waals surface area contributed by atoms with Crippen molar-refractivity contribution >= 4 is 34.3 Å². The lowest BCUT2D eigenvalue weighted by Gasteiger charge is -2.07. The molecule has 0 amide bonds. The summed E-state index contributed by atoms with van der Waals surface area (Å²) >= 11 is 5.92. The summed E-state index contributed by atoms with van der Waals surface area (Å²) in [5.74, 6) is 1.29. The molecule has 1 heterocycles. The first kappa shape index (κ1) is 19.8. The van der Waals surface area contributed by atoms with E-state index < -0.39 is 0 Å². The Balaban J connectivity index is 1.57. The second-order valence-electron chi connectivity index (χ2n) is 7.20. The molecule has 1 N–H and O–H groups in total. The van der Waals surface area contributed by atoms with Crippen molar-refractivity contribution in [1.82, 2.24) is 9.97 Å². The second kappa shape index (κ2) is 8.44. The smallest absolute Gasteiger partial charge is 0.149 e. The van der Waals surface area contributed by atoms with E-state index in [4.69, 9.17) is 16.3 Å². The van der Waals surface area contributed by atoms with Gasteiger partial charge < -0.3 is 9.72 Å². The number of ether oxygens (including phenoxy) is 1. The predicted molar refractivity (Wildman–Crippen MR) is 121 cm³/mol. The van der Waals surface area contributed by atoms with Crippen LogP contribution in [0, 0.1) is 25.2 Å². The standard InChI is InChI=1S/C25H20ClN3O/c1-16-10-23-24(11-17(16)2)29-25(28-23)20(14-27)12-19-4-3-5-22(13-19)30-15-18-6-8-21(26)9-7-18/h3-13H,15H2,1-2H3,(H,28,29)/b20-12-. The maximum absolute atomic E-state index is 9.70. The van der Waals surface area contributed by atoms with E-state index in [0.29, 0.717) is 23.0 Å². The first-order valence-electron chi connectivity index (χ1n) is 9.58. The Morgan fingerprint density at radius 1 is 1.10 bits per heavy atom. The van der Waals surface area contributed by atoms with Gasteiger partial charge in [-0.1, -0.05) is 35.9 Å². The number of aromatic nitrogens is 2. The van der Waals surface area contributed by atoms with Crippen LogP contribution in [0.5, 0.6) is 5.75 Å². The zero-order valence-corrected chi connectivity index (χ0v) is 17.5. The number of fused-ring (bicyclic) bond motifs is 1. The van der Waals surface area contributed by atoms with Crippen LogP contribution in [0.4, 0.5) is 0 Å². The number of H-pyrrole nitrogens is 1. The monoisotopic (exact) mass is 413 g/mol. The fourth-order valence-corrected chi connectivity index (χ4v) is 3.28. The number of halogens is 1. The summed E-state index contributed by atoms with van der Waals surface area (Å²) in [6.45, 7) is 4.56. The lowest BCUT2D eigenvalue weighted by atomic mass is 10.1. The number of hydrogen-bond donors (Lipinski definition) is 1. The molecular weight excluding hydrogens is 394 g/mol. The number of nitrogens with one attached hydrogen (secondary N) is 1. The molecule has 4 aromatic rings. The van der Waals surface area contributed by atoms with Gasteiger partial charge >= 0.3 is 0 Å². The van der Waals surface area contributed by atoms with Gasteiger partial charge in [-0.15, -0.1) is 0 Å². The van der Waals surface area contributed by atoms with Gasteiger partial charge in [0.1, 0.15) is 24.3 Å². The van der Waals surface area contributed by atoms with E-state index in [1.165, 1.54) is 11.1 Å². The van der Waals surface area contributed by atoms with Gasteiger partial charge in [-0.2, -0.15) is 5.26 Å². The lowest BCUT2D eigenvalue weighted by Crippen LogP contribution is -1.95. The molecule has 0 aliphatic rings. The Labute approximate surface area is 180 Å². The average molecular weight is 414 g/mol. The van der Waals surface area contributed by atoms with Crippen LogP contribution in [-0.2, 0) is 6.61 Å². The van der Waals surface area contributed by atoms with E-state index in [2.05, 4.69) is 36.0 Å². The largest absolute Gasteiger partial charge is 0.489 e. The van der Waals surface area contributed by atoms with Gasteiger partial charge in [0, 0.05) is 5.02 Å². The summed E-state index contributed by atoms with van der Waals surface area (Å²) in [4.78, 5) is 7.86. The van der Waals surface area contributed by atoms with E-state index in [9.17, 15) is 5.26 Å². The van der Waals surface area contributed by atoms with E-state index in [1.54, 1.807) is 0 Å². The molecule has 3 aromatic carbocycles. The number of nitrogens with zero attached hydrogens (tertiary/aromatic N) is 2. The van der Waals surface area contributed by atoms with Crippen molar-refractivity contribution < 1.29 is 4.74 Å². The number of rotatable bonds is 5. The summed E-state index contributed by atoms with van der Waals surface area (Å²) < 4.78 is 5.89. The molecule has 0 unspecified atom stereocenters. The highest BCUT2D eigenvalue weighted by molar-refractivity contribution is 6.30. The fraction of sp³-hybridized carbons (Fsp3) is 0.120.